The molecule has 17 heavy (non-hydrogen) atoms. The van der Waals surface area contributed by atoms with Crippen molar-refractivity contribution in [2.45, 2.75) is 57.9 Å². The molecule has 2 fully saturated rings. The molecule has 0 saturated heterocycles. The topological polar surface area (TPSA) is 15.3 Å². The Morgan fingerprint density at radius 2 is 1.82 bits per heavy atom. The zero-order valence-corrected chi connectivity index (χ0v) is 11.8. The molecule has 0 amide bonds. The van der Waals surface area contributed by atoms with Crippen molar-refractivity contribution in [1.82, 2.24) is 10.2 Å². The first kappa shape index (κ1) is 13.4. The molecular formula is C15H30N2. The lowest BCUT2D eigenvalue weighted by atomic mass is 9.77. The third-order valence-corrected chi connectivity index (χ3v) is 4.87. The van der Waals surface area contributed by atoms with Crippen molar-refractivity contribution in [1.29, 1.82) is 0 Å². The minimum atomic E-state index is 0.871. The van der Waals surface area contributed by atoms with Gasteiger partial charge in [0, 0.05) is 12.6 Å². The van der Waals surface area contributed by atoms with Crippen LogP contribution in [0.3, 0.4) is 0 Å². The molecule has 2 aliphatic carbocycles. The van der Waals surface area contributed by atoms with Gasteiger partial charge in [-0.05, 0) is 57.7 Å². The second-order valence-corrected chi connectivity index (χ2v) is 6.16. The lowest BCUT2D eigenvalue weighted by Gasteiger charge is -2.44. The second-order valence-electron chi connectivity index (χ2n) is 6.16. The van der Waals surface area contributed by atoms with Gasteiger partial charge in [-0.15, -0.1) is 0 Å². The lowest BCUT2D eigenvalue weighted by molar-refractivity contribution is 0.0655. The molecule has 2 atom stereocenters. The van der Waals surface area contributed by atoms with Gasteiger partial charge >= 0.3 is 0 Å². The number of hydrogen-bond donors (Lipinski definition) is 1. The SMILES string of the molecule is CCNCC1CCC1N(C)CC1CCCCC1. The van der Waals surface area contributed by atoms with Gasteiger partial charge in [0.2, 0.25) is 0 Å². The van der Waals surface area contributed by atoms with Crippen LogP contribution in [0.5, 0.6) is 0 Å². The highest BCUT2D eigenvalue weighted by Gasteiger charge is 2.34. The maximum absolute atomic E-state index is 3.51. The Balaban J connectivity index is 1.69. The first-order chi connectivity index (χ1) is 8.31. The third kappa shape index (κ3) is 3.69. The summed E-state index contributed by atoms with van der Waals surface area (Å²) >= 11 is 0. The molecule has 0 heterocycles. The minimum absolute atomic E-state index is 0.871. The van der Waals surface area contributed by atoms with E-state index in [9.17, 15) is 0 Å². The van der Waals surface area contributed by atoms with E-state index in [1.807, 2.05) is 0 Å². The fourth-order valence-corrected chi connectivity index (χ4v) is 3.61. The van der Waals surface area contributed by atoms with Gasteiger partial charge in [0.05, 0.1) is 0 Å². The summed E-state index contributed by atoms with van der Waals surface area (Å²) in [5.74, 6) is 1.91. The Bertz CT molecular complexity index is 211. The third-order valence-electron chi connectivity index (χ3n) is 4.87. The molecule has 100 valence electrons. The van der Waals surface area contributed by atoms with Crippen molar-refractivity contribution in [2.75, 3.05) is 26.7 Å². The van der Waals surface area contributed by atoms with E-state index in [4.69, 9.17) is 0 Å². The summed E-state index contributed by atoms with van der Waals surface area (Å²) in [6, 6.07) is 0.871. The van der Waals surface area contributed by atoms with Crippen molar-refractivity contribution in [3.63, 3.8) is 0 Å². The van der Waals surface area contributed by atoms with E-state index in [2.05, 4.69) is 24.2 Å². The molecule has 2 saturated carbocycles. The highest BCUT2D eigenvalue weighted by Crippen LogP contribution is 2.33. The Morgan fingerprint density at radius 1 is 1.06 bits per heavy atom. The number of nitrogens with one attached hydrogen (secondary N) is 1. The summed E-state index contributed by atoms with van der Waals surface area (Å²) in [6.07, 6.45) is 10.3. The zero-order valence-electron chi connectivity index (χ0n) is 11.8. The molecule has 1 N–H and O–H groups in total. The molecule has 2 rings (SSSR count). The second kappa shape index (κ2) is 6.75. The predicted molar refractivity (Wildman–Crippen MR) is 74.3 cm³/mol. The number of hydrogen-bond acceptors (Lipinski definition) is 2. The van der Waals surface area contributed by atoms with Gasteiger partial charge in [-0.2, -0.15) is 0 Å². The van der Waals surface area contributed by atoms with E-state index in [0.29, 0.717) is 0 Å². The molecule has 2 heteroatoms. The minimum Gasteiger partial charge on any atom is -0.317 e. The van der Waals surface area contributed by atoms with Crippen molar-refractivity contribution in [3.8, 4) is 0 Å². The Labute approximate surface area is 107 Å². The van der Waals surface area contributed by atoms with E-state index in [0.717, 1.165) is 24.4 Å². The van der Waals surface area contributed by atoms with Crippen LogP contribution in [-0.2, 0) is 0 Å². The monoisotopic (exact) mass is 238 g/mol. The molecule has 0 aromatic rings. The Kier molecular flexibility index (Phi) is 5.30. The fourth-order valence-electron chi connectivity index (χ4n) is 3.61. The van der Waals surface area contributed by atoms with Gasteiger partial charge in [-0.1, -0.05) is 26.2 Å². The molecule has 2 nitrogen and oxygen atoms in total. The van der Waals surface area contributed by atoms with E-state index < -0.39 is 0 Å². The van der Waals surface area contributed by atoms with Crippen LogP contribution >= 0.6 is 0 Å². The van der Waals surface area contributed by atoms with Gasteiger partial charge in [0.25, 0.3) is 0 Å². The molecule has 0 spiro atoms. The Morgan fingerprint density at radius 3 is 2.41 bits per heavy atom. The highest BCUT2D eigenvalue weighted by molar-refractivity contribution is 4.89. The Hall–Kier alpha value is -0.0800. The molecular weight excluding hydrogens is 208 g/mol. The van der Waals surface area contributed by atoms with E-state index in [-0.39, 0.29) is 0 Å². The van der Waals surface area contributed by atoms with Crippen molar-refractivity contribution < 1.29 is 0 Å². The van der Waals surface area contributed by atoms with Crippen LogP contribution in [0.25, 0.3) is 0 Å². The van der Waals surface area contributed by atoms with Gasteiger partial charge in [0.15, 0.2) is 0 Å². The standard InChI is InChI=1S/C15H30N2/c1-3-16-11-14-9-10-15(14)17(2)12-13-7-5-4-6-8-13/h13-16H,3-12H2,1-2H3. The average molecular weight is 238 g/mol. The summed E-state index contributed by atoms with van der Waals surface area (Å²) in [5.41, 5.74) is 0. The van der Waals surface area contributed by atoms with Gasteiger partial charge in [0.1, 0.15) is 0 Å². The number of nitrogens with zero attached hydrogens (tertiary/aromatic N) is 1. The lowest BCUT2D eigenvalue weighted by Crippen LogP contribution is -2.50. The molecule has 0 bridgehead atoms. The van der Waals surface area contributed by atoms with E-state index >= 15 is 0 Å². The average Bonchev–Trinajstić information content (AvgIpc) is 2.29. The summed E-state index contributed by atoms with van der Waals surface area (Å²) in [7, 11) is 2.36. The molecule has 2 aliphatic rings. The predicted octanol–water partition coefficient (Wildman–Crippen LogP) is 2.89. The van der Waals surface area contributed by atoms with Crippen LogP contribution in [-0.4, -0.2) is 37.6 Å². The maximum Gasteiger partial charge on any atom is 0.0133 e. The summed E-state index contributed by atoms with van der Waals surface area (Å²) in [5, 5.41) is 3.51. The van der Waals surface area contributed by atoms with Gasteiger partial charge in [-0.3, -0.25) is 0 Å². The quantitative estimate of drug-likeness (QED) is 0.765. The fraction of sp³-hybridized carbons (Fsp3) is 1.00. The molecule has 2 unspecified atom stereocenters. The first-order valence-corrected chi connectivity index (χ1v) is 7.72. The van der Waals surface area contributed by atoms with Crippen molar-refractivity contribution >= 4 is 0 Å². The summed E-state index contributed by atoms with van der Waals surface area (Å²) < 4.78 is 0. The van der Waals surface area contributed by atoms with Gasteiger partial charge < -0.3 is 10.2 Å². The molecule has 0 aromatic heterocycles. The molecule has 0 aromatic carbocycles. The number of rotatable bonds is 6. The van der Waals surface area contributed by atoms with Crippen LogP contribution in [0.4, 0.5) is 0 Å². The molecule has 0 aliphatic heterocycles. The zero-order chi connectivity index (χ0) is 12.1. The van der Waals surface area contributed by atoms with Crippen molar-refractivity contribution in [2.24, 2.45) is 11.8 Å². The van der Waals surface area contributed by atoms with Gasteiger partial charge in [-0.25, -0.2) is 0 Å². The van der Waals surface area contributed by atoms with E-state index in [1.54, 1.807) is 0 Å². The van der Waals surface area contributed by atoms with Crippen LogP contribution < -0.4 is 5.32 Å². The van der Waals surface area contributed by atoms with Crippen LogP contribution in [0.2, 0.25) is 0 Å². The van der Waals surface area contributed by atoms with E-state index in [1.165, 1.54) is 58.0 Å². The maximum atomic E-state index is 3.51. The van der Waals surface area contributed by atoms with Crippen molar-refractivity contribution in [3.05, 3.63) is 0 Å². The molecule has 0 radical (unpaired) electrons. The first-order valence-electron chi connectivity index (χ1n) is 7.72. The van der Waals surface area contributed by atoms with Crippen LogP contribution in [0.1, 0.15) is 51.9 Å². The smallest absolute Gasteiger partial charge is 0.0133 e. The normalized spacial score (nSPS) is 30.5. The van der Waals surface area contributed by atoms with Crippen LogP contribution in [0.15, 0.2) is 0 Å². The van der Waals surface area contributed by atoms with Crippen LogP contribution in [0, 0.1) is 11.8 Å². The summed E-state index contributed by atoms with van der Waals surface area (Å²) in [6.45, 7) is 5.92. The highest BCUT2D eigenvalue weighted by atomic mass is 15.1. The largest absolute Gasteiger partial charge is 0.317 e. The summed E-state index contributed by atoms with van der Waals surface area (Å²) in [4.78, 5) is 2.67.